The number of nitrogens with one attached hydrogen (secondary N) is 2. The molecule has 0 aliphatic heterocycles. The van der Waals surface area contributed by atoms with Crippen molar-refractivity contribution in [2.45, 2.75) is 45.6 Å². The molecule has 4 heteroatoms. The maximum absolute atomic E-state index is 11.8. The van der Waals surface area contributed by atoms with Gasteiger partial charge in [0.05, 0.1) is 5.69 Å². The number of carbonyl (C=O) groups is 1. The second kappa shape index (κ2) is 6.42. The molecule has 0 unspecified atom stereocenters. The molecule has 4 nitrogen and oxygen atoms in total. The maximum Gasteiger partial charge on any atom is 0.223 e. The molecule has 2 N–H and O–H groups in total. The van der Waals surface area contributed by atoms with Crippen molar-refractivity contribution >= 4 is 11.6 Å². The Morgan fingerprint density at radius 3 is 2.75 bits per heavy atom. The molecule has 0 radical (unpaired) electrons. The number of nitriles is 1. The second-order valence-corrected chi connectivity index (χ2v) is 5.65. The largest absolute Gasteiger partial charge is 0.352 e. The van der Waals surface area contributed by atoms with Crippen molar-refractivity contribution in [2.75, 3.05) is 5.32 Å². The van der Waals surface area contributed by atoms with Crippen LogP contribution in [0.4, 0.5) is 5.69 Å². The van der Waals surface area contributed by atoms with Crippen LogP contribution in [0.3, 0.4) is 0 Å². The van der Waals surface area contributed by atoms with Crippen molar-refractivity contribution in [3.05, 3.63) is 29.3 Å². The smallest absolute Gasteiger partial charge is 0.223 e. The van der Waals surface area contributed by atoms with E-state index in [4.69, 9.17) is 5.26 Å². The van der Waals surface area contributed by atoms with E-state index in [1.54, 1.807) is 0 Å². The fourth-order valence-corrected chi connectivity index (χ4v) is 2.28. The highest BCUT2D eigenvalue weighted by atomic mass is 16.1. The van der Waals surface area contributed by atoms with Gasteiger partial charge in [0.25, 0.3) is 0 Å². The zero-order valence-corrected chi connectivity index (χ0v) is 12.1. The predicted molar refractivity (Wildman–Crippen MR) is 79.0 cm³/mol. The van der Waals surface area contributed by atoms with Crippen molar-refractivity contribution in [1.29, 1.82) is 5.26 Å². The van der Waals surface area contributed by atoms with E-state index in [1.165, 1.54) is 5.56 Å². The van der Waals surface area contributed by atoms with Crippen LogP contribution in [-0.4, -0.2) is 5.91 Å². The van der Waals surface area contributed by atoms with Crippen molar-refractivity contribution < 1.29 is 4.79 Å². The van der Waals surface area contributed by atoms with Crippen molar-refractivity contribution in [3.8, 4) is 6.19 Å². The lowest BCUT2D eigenvalue weighted by Gasteiger charge is -2.24. The number of hydrogen-bond donors (Lipinski definition) is 2. The fraction of sp³-hybridized carbons (Fsp3) is 0.500. The highest BCUT2D eigenvalue weighted by Gasteiger charge is 2.24. The average Bonchev–Trinajstić information content (AvgIpc) is 2.35. The summed E-state index contributed by atoms with van der Waals surface area (Å²) in [5.41, 5.74) is 2.91. The Morgan fingerprint density at radius 2 is 2.20 bits per heavy atom. The maximum atomic E-state index is 11.8. The van der Waals surface area contributed by atoms with Gasteiger partial charge in [-0.3, -0.25) is 10.1 Å². The SMILES string of the molecule is CC(C)c1ccc(CNC(=O)C2CCC2)c(NC#N)c1. The van der Waals surface area contributed by atoms with Crippen LogP contribution in [0.1, 0.15) is 50.2 Å². The van der Waals surface area contributed by atoms with E-state index in [0.29, 0.717) is 12.5 Å². The van der Waals surface area contributed by atoms with Gasteiger partial charge in [0.1, 0.15) is 0 Å². The quantitative estimate of drug-likeness (QED) is 0.639. The molecule has 1 aromatic carbocycles. The first kappa shape index (κ1) is 14.4. The van der Waals surface area contributed by atoms with E-state index >= 15 is 0 Å². The normalized spacial score (nSPS) is 14.5. The van der Waals surface area contributed by atoms with Crippen LogP contribution < -0.4 is 10.6 Å². The van der Waals surface area contributed by atoms with Crippen LogP contribution in [0.15, 0.2) is 18.2 Å². The number of anilines is 1. The Hall–Kier alpha value is -2.02. The van der Waals surface area contributed by atoms with E-state index in [1.807, 2.05) is 18.3 Å². The van der Waals surface area contributed by atoms with E-state index in [0.717, 1.165) is 30.5 Å². The Labute approximate surface area is 120 Å². The summed E-state index contributed by atoms with van der Waals surface area (Å²) in [4.78, 5) is 11.8. The zero-order chi connectivity index (χ0) is 14.5. The molecule has 2 rings (SSSR count). The van der Waals surface area contributed by atoms with Crippen molar-refractivity contribution in [3.63, 3.8) is 0 Å². The standard InChI is InChI=1S/C16H21N3O/c1-11(2)13-6-7-14(15(8-13)19-10-17)9-18-16(20)12-4-3-5-12/h6-8,11-12,19H,3-5,9H2,1-2H3,(H,18,20). The number of benzene rings is 1. The molecule has 106 valence electrons. The molecule has 1 fully saturated rings. The first-order valence-electron chi connectivity index (χ1n) is 7.17. The van der Waals surface area contributed by atoms with Gasteiger partial charge in [0.2, 0.25) is 5.91 Å². The summed E-state index contributed by atoms with van der Waals surface area (Å²) in [5, 5.41) is 14.5. The van der Waals surface area contributed by atoms with Gasteiger partial charge in [-0.15, -0.1) is 0 Å². The minimum absolute atomic E-state index is 0.132. The fourth-order valence-electron chi connectivity index (χ4n) is 2.28. The molecule has 0 bridgehead atoms. The first-order chi connectivity index (χ1) is 9.61. The third kappa shape index (κ3) is 3.30. The zero-order valence-electron chi connectivity index (χ0n) is 12.1. The Morgan fingerprint density at radius 1 is 1.45 bits per heavy atom. The van der Waals surface area contributed by atoms with E-state index in [2.05, 4.69) is 30.5 Å². The predicted octanol–water partition coefficient (Wildman–Crippen LogP) is 3.12. The van der Waals surface area contributed by atoms with E-state index < -0.39 is 0 Å². The molecule has 0 saturated heterocycles. The summed E-state index contributed by atoms with van der Waals surface area (Å²) in [6.45, 7) is 4.70. The molecule has 0 atom stereocenters. The lowest BCUT2D eigenvalue weighted by molar-refractivity contribution is -0.127. The number of carbonyl (C=O) groups excluding carboxylic acids is 1. The second-order valence-electron chi connectivity index (χ2n) is 5.65. The third-order valence-electron chi connectivity index (χ3n) is 3.92. The molecule has 0 spiro atoms. The van der Waals surface area contributed by atoms with Crippen LogP contribution in [0.5, 0.6) is 0 Å². The lowest BCUT2D eigenvalue weighted by atomic mass is 9.85. The summed E-state index contributed by atoms with van der Waals surface area (Å²) in [6.07, 6.45) is 5.12. The van der Waals surface area contributed by atoms with Gasteiger partial charge >= 0.3 is 0 Å². The molecule has 1 aliphatic rings. The topological polar surface area (TPSA) is 64.9 Å². The molecule has 1 saturated carbocycles. The van der Waals surface area contributed by atoms with Crippen molar-refractivity contribution in [2.24, 2.45) is 5.92 Å². The minimum atomic E-state index is 0.132. The summed E-state index contributed by atoms with van der Waals surface area (Å²) >= 11 is 0. The van der Waals surface area contributed by atoms with E-state index in [9.17, 15) is 4.79 Å². The Balaban J connectivity index is 2.05. The van der Waals surface area contributed by atoms with Crippen LogP contribution in [0.2, 0.25) is 0 Å². The summed E-state index contributed by atoms with van der Waals surface area (Å²) in [5.74, 6) is 0.734. The first-order valence-corrected chi connectivity index (χ1v) is 7.17. The molecule has 0 heterocycles. The molecule has 0 aromatic heterocycles. The van der Waals surface area contributed by atoms with Crippen molar-refractivity contribution in [1.82, 2.24) is 5.32 Å². The third-order valence-corrected chi connectivity index (χ3v) is 3.92. The minimum Gasteiger partial charge on any atom is -0.352 e. The van der Waals surface area contributed by atoms with Crippen LogP contribution in [0.25, 0.3) is 0 Å². The number of amides is 1. The van der Waals surface area contributed by atoms with Crippen LogP contribution in [0, 0.1) is 17.4 Å². The monoisotopic (exact) mass is 271 g/mol. The molecule has 1 aliphatic carbocycles. The Kier molecular flexibility index (Phi) is 4.62. The number of rotatable bonds is 5. The van der Waals surface area contributed by atoms with E-state index in [-0.39, 0.29) is 11.8 Å². The summed E-state index contributed by atoms with van der Waals surface area (Å²) in [7, 11) is 0. The highest BCUT2D eigenvalue weighted by molar-refractivity contribution is 5.79. The van der Waals surface area contributed by atoms with Crippen LogP contribution >= 0.6 is 0 Å². The molecular weight excluding hydrogens is 250 g/mol. The van der Waals surface area contributed by atoms with Gasteiger partial charge in [0.15, 0.2) is 6.19 Å². The van der Waals surface area contributed by atoms with Gasteiger partial charge in [-0.2, -0.15) is 5.26 Å². The average molecular weight is 271 g/mol. The van der Waals surface area contributed by atoms with Crippen LogP contribution in [-0.2, 0) is 11.3 Å². The molecular formula is C16H21N3O. The molecule has 1 amide bonds. The van der Waals surface area contributed by atoms with Gasteiger partial charge in [-0.05, 0) is 36.0 Å². The highest BCUT2D eigenvalue weighted by Crippen LogP contribution is 2.27. The number of hydrogen-bond acceptors (Lipinski definition) is 3. The van der Waals surface area contributed by atoms with Gasteiger partial charge < -0.3 is 5.32 Å². The number of nitrogens with zero attached hydrogens (tertiary/aromatic N) is 1. The molecule has 20 heavy (non-hydrogen) atoms. The van der Waals surface area contributed by atoms with Gasteiger partial charge in [0, 0.05) is 12.5 Å². The summed E-state index contributed by atoms with van der Waals surface area (Å²) in [6, 6.07) is 6.02. The molecule has 1 aromatic rings. The lowest BCUT2D eigenvalue weighted by Crippen LogP contribution is -2.34. The summed E-state index contributed by atoms with van der Waals surface area (Å²) < 4.78 is 0. The Bertz CT molecular complexity index is 527. The van der Waals surface area contributed by atoms with Gasteiger partial charge in [-0.25, -0.2) is 0 Å². The van der Waals surface area contributed by atoms with Gasteiger partial charge in [-0.1, -0.05) is 32.4 Å².